The third-order valence-corrected chi connectivity index (χ3v) is 4.43. The molecule has 0 aliphatic heterocycles. The van der Waals surface area contributed by atoms with Crippen LogP contribution in [0.25, 0.3) is 0 Å². The molecule has 0 amide bonds. The zero-order valence-corrected chi connectivity index (χ0v) is 14.6. The van der Waals surface area contributed by atoms with Gasteiger partial charge in [-0.05, 0) is 46.1 Å². The fraction of sp³-hybridized carbons (Fsp3) is 0.357. The van der Waals surface area contributed by atoms with Crippen molar-refractivity contribution in [3.8, 4) is 5.75 Å². The van der Waals surface area contributed by atoms with Gasteiger partial charge in [-0.25, -0.2) is 0 Å². The van der Waals surface area contributed by atoms with Gasteiger partial charge >= 0.3 is 0 Å². The summed E-state index contributed by atoms with van der Waals surface area (Å²) in [5.74, 6) is 0.788. The van der Waals surface area contributed by atoms with Crippen LogP contribution in [0, 0.1) is 0 Å². The van der Waals surface area contributed by atoms with E-state index < -0.39 is 0 Å². The standard InChI is InChI=1S/C14H17Br2N3O/c1-3-6-19-14(12(16)8-18-19)13(17)10-7-9(20-2)4-5-11(10)15/h4-5,7-8,13H,3,6,17H2,1-2H3. The largest absolute Gasteiger partial charge is 0.497 e. The first-order valence-corrected chi connectivity index (χ1v) is 7.97. The number of halogens is 2. The average molecular weight is 403 g/mol. The van der Waals surface area contributed by atoms with Gasteiger partial charge in [-0.3, -0.25) is 4.68 Å². The van der Waals surface area contributed by atoms with Crippen molar-refractivity contribution < 1.29 is 4.74 Å². The second-order valence-corrected chi connectivity index (χ2v) is 6.17. The van der Waals surface area contributed by atoms with Gasteiger partial charge in [0.05, 0.1) is 29.5 Å². The molecule has 0 aliphatic carbocycles. The second-order valence-electron chi connectivity index (χ2n) is 4.47. The zero-order chi connectivity index (χ0) is 14.7. The Morgan fingerprint density at radius 2 is 2.10 bits per heavy atom. The molecular formula is C14H17Br2N3O. The van der Waals surface area contributed by atoms with Crippen molar-refractivity contribution in [2.75, 3.05) is 7.11 Å². The van der Waals surface area contributed by atoms with E-state index in [-0.39, 0.29) is 6.04 Å². The van der Waals surface area contributed by atoms with E-state index in [1.165, 1.54) is 0 Å². The number of rotatable bonds is 5. The number of ether oxygens (including phenoxy) is 1. The van der Waals surface area contributed by atoms with Crippen molar-refractivity contribution in [3.05, 3.63) is 44.6 Å². The molecule has 1 aromatic carbocycles. The summed E-state index contributed by atoms with van der Waals surface area (Å²) in [5, 5.41) is 4.37. The number of hydrogen-bond donors (Lipinski definition) is 1. The van der Waals surface area contributed by atoms with Crippen LogP contribution in [-0.2, 0) is 6.54 Å². The van der Waals surface area contributed by atoms with Crippen LogP contribution in [0.5, 0.6) is 5.75 Å². The normalized spacial score (nSPS) is 12.4. The summed E-state index contributed by atoms with van der Waals surface area (Å²) in [6, 6.07) is 5.52. The van der Waals surface area contributed by atoms with Crippen molar-refractivity contribution in [1.82, 2.24) is 9.78 Å². The van der Waals surface area contributed by atoms with E-state index in [0.717, 1.165) is 38.9 Å². The third-order valence-electron chi connectivity index (χ3n) is 3.10. The van der Waals surface area contributed by atoms with Crippen LogP contribution in [0.15, 0.2) is 33.3 Å². The predicted octanol–water partition coefficient (Wildman–Crippen LogP) is 3.87. The molecule has 0 aliphatic rings. The first-order valence-electron chi connectivity index (χ1n) is 6.38. The SMILES string of the molecule is CCCn1ncc(Br)c1C(N)c1cc(OC)ccc1Br. The number of methoxy groups -OCH3 is 1. The van der Waals surface area contributed by atoms with E-state index in [4.69, 9.17) is 10.5 Å². The highest BCUT2D eigenvalue weighted by Gasteiger charge is 2.20. The van der Waals surface area contributed by atoms with Crippen molar-refractivity contribution >= 4 is 31.9 Å². The van der Waals surface area contributed by atoms with Gasteiger partial charge in [0, 0.05) is 11.0 Å². The molecule has 0 bridgehead atoms. The smallest absolute Gasteiger partial charge is 0.119 e. The first kappa shape index (κ1) is 15.5. The quantitative estimate of drug-likeness (QED) is 0.825. The lowest BCUT2D eigenvalue weighted by Gasteiger charge is -2.17. The highest BCUT2D eigenvalue weighted by Crippen LogP contribution is 2.33. The summed E-state index contributed by atoms with van der Waals surface area (Å²) >= 11 is 7.09. The minimum atomic E-state index is -0.275. The van der Waals surface area contributed by atoms with Gasteiger partial charge in [0.1, 0.15) is 5.75 Å². The summed E-state index contributed by atoms with van der Waals surface area (Å²) in [7, 11) is 1.65. The third kappa shape index (κ3) is 3.07. The molecule has 2 N–H and O–H groups in total. The zero-order valence-electron chi connectivity index (χ0n) is 11.4. The molecule has 2 aromatic rings. The minimum Gasteiger partial charge on any atom is -0.497 e. The molecule has 1 atom stereocenters. The molecule has 0 spiro atoms. The van der Waals surface area contributed by atoms with E-state index in [9.17, 15) is 0 Å². The molecule has 1 heterocycles. The number of aromatic nitrogens is 2. The Morgan fingerprint density at radius 1 is 1.35 bits per heavy atom. The first-order chi connectivity index (χ1) is 9.58. The fourth-order valence-electron chi connectivity index (χ4n) is 2.11. The molecule has 0 fully saturated rings. The van der Waals surface area contributed by atoms with Gasteiger partial charge in [0.15, 0.2) is 0 Å². The topological polar surface area (TPSA) is 53.1 Å². The summed E-state index contributed by atoms with van der Waals surface area (Å²) < 4.78 is 9.10. The maximum Gasteiger partial charge on any atom is 0.119 e. The second kappa shape index (κ2) is 6.74. The Hall–Kier alpha value is -0.850. The van der Waals surface area contributed by atoms with Crippen LogP contribution in [0.2, 0.25) is 0 Å². The Bertz CT molecular complexity index is 598. The van der Waals surface area contributed by atoms with Crippen LogP contribution >= 0.6 is 31.9 Å². The van der Waals surface area contributed by atoms with Gasteiger partial charge in [0.25, 0.3) is 0 Å². The Balaban J connectivity index is 2.45. The summed E-state index contributed by atoms with van der Waals surface area (Å²) in [5.41, 5.74) is 8.39. The lowest BCUT2D eigenvalue weighted by atomic mass is 10.0. The highest BCUT2D eigenvalue weighted by molar-refractivity contribution is 9.10. The van der Waals surface area contributed by atoms with Gasteiger partial charge in [0.2, 0.25) is 0 Å². The number of aryl methyl sites for hydroxylation is 1. The van der Waals surface area contributed by atoms with Gasteiger partial charge in [-0.1, -0.05) is 22.9 Å². The molecule has 1 aromatic heterocycles. The molecule has 0 saturated carbocycles. The molecule has 0 radical (unpaired) electrons. The van der Waals surface area contributed by atoms with E-state index in [1.807, 2.05) is 22.9 Å². The molecule has 2 rings (SSSR count). The Morgan fingerprint density at radius 3 is 2.75 bits per heavy atom. The molecule has 4 nitrogen and oxygen atoms in total. The maximum absolute atomic E-state index is 6.44. The molecule has 0 saturated heterocycles. The van der Waals surface area contributed by atoms with Crippen LogP contribution in [0.3, 0.4) is 0 Å². The van der Waals surface area contributed by atoms with Crippen molar-refractivity contribution in [2.24, 2.45) is 5.73 Å². The lowest BCUT2D eigenvalue weighted by Crippen LogP contribution is -2.18. The number of hydrogen-bond acceptors (Lipinski definition) is 3. The van der Waals surface area contributed by atoms with Crippen LogP contribution in [0.1, 0.15) is 30.6 Å². The minimum absolute atomic E-state index is 0.275. The monoisotopic (exact) mass is 401 g/mol. The average Bonchev–Trinajstić information content (AvgIpc) is 2.80. The molecule has 20 heavy (non-hydrogen) atoms. The maximum atomic E-state index is 6.44. The van der Waals surface area contributed by atoms with E-state index in [1.54, 1.807) is 13.3 Å². The van der Waals surface area contributed by atoms with E-state index in [0.29, 0.717) is 0 Å². The van der Waals surface area contributed by atoms with Crippen molar-refractivity contribution in [1.29, 1.82) is 0 Å². The summed E-state index contributed by atoms with van der Waals surface area (Å²) in [6.07, 6.45) is 2.80. The Kier molecular flexibility index (Phi) is 5.23. The van der Waals surface area contributed by atoms with Crippen molar-refractivity contribution in [2.45, 2.75) is 25.9 Å². The molecule has 1 unspecified atom stereocenters. The number of nitrogens with zero attached hydrogens (tertiary/aromatic N) is 2. The van der Waals surface area contributed by atoms with Crippen LogP contribution in [0.4, 0.5) is 0 Å². The van der Waals surface area contributed by atoms with E-state index >= 15 is 0 Å². The number of benzene rings is 1. The fourth-order valence-corrected chi connectivity index (χ4v) is 3.14. The Labute approximate surface area is 135 Å². The molecular weight excluding hydrogens is 386 g/mol. The summed E-state index contributed by atoms with van der Waals surface area (Å²) in [6.45, 7) is 2.96. The molecule has 6 heteroatoms. The highest BCUT2D eigenvalue weighted by atomic mass is 79.9. The lowest BCUT2D eigenvalue weighted by molar-refractivity contribution is 0.413. The molecule has 108 valence electrons. The van der Waals surface area contributed by atoms with Gasteiger partial charge in [-0.15, -0.1) is 0 Å². The van der Waals surface area contributed by atoms with Crippen molar-refractivity contribution in [3.63, 3.8) is 0 Å². The van der Waals surface area contributed by atoms with Crippen LogP contribution in [-0.4, -0.2) is 16.9 Å². The van der Waals surface area contributed by atoms with Crippen LogP contribution < -0.4 is 10.5 Å². The van der Waals surface area contributed by atoms with Gasteiger partial charge in [-0.2, -0.15) is 5.10 Å². The number of nitrogens with two attached hydrogens (primary N) is 1. The van der Waals surface area contributed by atoms with Gasteiger partial charge < -0.3 is 10.5 Å². The summed E-state index contributed by atoms with van der Waals surface area (Å²) in [4.78, 5) is 0. The predicted molar refractivity (Wildman–Crippen MR) is 86.9 cm³/mol. The van der Waals surface area contributed by atoms with E-state index in [2.05, 4.69) is 43.9 Å².